The monoisotopic (exact) mass is 245 g/mol. The number of rotatable bonds is 4. The number of hydrogen-bond acceptors (Lipinski definition) is 3. The number of carbonyl (C=O) groups is 3. The summed E-state index contributed by atoms with van der Waals surface area (Å²) in [7, 11) is 1.76. The fourth-order valence-electron chi connectivity index (χ4n) is 1.89. The molecule has 0 saturated carbocycles. The highest BCUT2D eigenvalue weighted by Crippen LogP contribution is 2.21. The van der Waals surface area contributed by atoms with Gasteiger partial charge in [0.15, 0.2) is 0 Å². The van der Waals surface area contributed by atoms with Crippen LogP contribution in [0.4, 0.5) is 0 Å². The number of para-hydroxylation sites is 1. The van der Waals surface area contributed by atoms with Gasteiger partial charge in [-0.3, -0.25) is 14.4 Å². The van der Waals surface area contributed by atoms with Gasteiger partial charge in [-0.25, -0.2) is 0 Å². The molecule has 5 heteroatoms. The minimum atomic E-state index is -1.30. The molecule has 1 aromatic heterocycles. The summed E-state index contributed by atoms with van der Waals surface area (Å²) < 4.78 is 1.73. The molecule has 0 unspecified atom stereocenters. The molecule has 0 saturated heterocycles. The van der Waals surface area contributed by atoms with Crippen LogP contribution in [0.5, 0.6) is 0 Å². The summed E-state index contributed by atoms with van der Waals surface area (Å²) in [5.74, 6) is -2.96. The summed E-state index contributed by atoms with van der Waals surface area (Å²) >= 11 is 0. The lowest BCUT2D eigenvalue weighted by Crippen LogP contribution is -2.17. The van der Waals surface area contributed by atoms with Crippen molar-refractivity contribution in [1.29, 1.82) is 0 Å². The number of aromatic nitrogens is 1. The molecule has 0 aliphatic carbocycles. The number of benzene rings is 1. The van der Waals surface area contributed by atoms with Gasteiger partial charge in [0.2, 0.25) is 11.6 Å². The molecule has 0 bridgehead atoms. The van der Waals surface area contributed by atoms with E-state index in [9.17, 15) is 14.4 Å². The van der Waals surface area contributed by atoms with Crippen LogP contribution in [0.1, 0.15) is 16.8 Å². The summed E-state index contributed by atoms with van der Waals surface area (Å²) in [6, 6.07) is 7.15. The standard InChI is InChI=1S/C13H11NO4/c1-14-7-9(8-4-2-3-5-10(8)14)13(18)11(15)6-12(16)17/h2-5,7H,6H2,1H3,(H,16,17). The number of aryl methyl sites for hydroxylation is 1. The number of nitrogens with zero attached hydrogens (tertiary/aromatic N) is 1. The van der Waals surface area contributed by atoms with E-state index in [-0.39, 0.29) is 5.56 Å². The molecular formula is C13H11NO4. The van der Waals surface area contributed by atoms with Crippen molar-refractivity contribution in [2.24, 2.45) is 7.05 Å². The number of aliphatic carboxylic acids is 1. The molecule has 2 aromatic rings. The Kier molecular flexibility index (Phi) is 2.97. The second-order valence-electron chi connectivity index (χ2n) is 3.99. The molecule has 0 aliphatic heterocycles. The molecular weight excluding hydrogens is 234 g/mol. The van der Waals surface area contributed by atoms with E-state index in [0.717, 1.165) is 5.52 Å². The fraction of sp³-hybridized carbons (Fsp3) is 0.154. The Morgan fingerprint density at radius 2 is 1.89 bits per heavy atom. The third kappa shape index (κ3) is 2.02. The zero-order chi connectivity index (χ0) is 13.3. The third-order valence-corrected chi connectivity index (χ3v) is 2.71. The lowest BCUT2D eigenvalue weighted by Gasteiger charge is -1.96. The van der Waals surface area contributed by atoms with Crippen LogP contribution < -0.4 is 0 Å². The van der Waals surface area contributed by atoms with Gasteiger partial charge < -0.3 is 9.67 Å². The SMILES string of the molecule is Cn1cc(C(=O)C(=O)CC(=O)O)c2ccccc21. The van der Waals surface area contributed by atoms with E-state index in [0.29, 0.717) is 5.39 Å². The topological polar surface area (TPSA) is 76.4 Å². The highest BCUT2D eigenvalue weighted by molar-refractivity contribution is 6.47. The van der Waals surface area contributed by atoms with Gasteiger partial charge >= 0.3 is 5.97 Å². The quantitative estimate of drug-likeness (QED) is 0.502. The van der Waals surface area contributed by atoms with Crippen LogP contribution in [0.25, 0.3) is 10.9 Å². The molecule has 92 valence electrons. The maximum atomic E-state index is 11.9. The molecule has 1 heterocycles. The second kappa shape index (κ2) is 4.44. The van der Waals surface area contributed by atoms with E-state index < -0.39 is 24.0 Å². The number of Topliss-reactive ketones (excluding diaryl/α,β-unsaturated/α-hetero) is 2. The van der Waals surface area contributed by atoms with Gasteiger partial charge in [-0.05, 0) is 6.07 Å². The molecule has 1 aromatic carbocycles. The molecule has 18 heavy (non-hydrogen) atoms. The summed E-state index contributed by atoms with van der Waals surface area (Å²) in [6.07, 6.45) is 0.773. The van der Waals surface area contributed by atoms with Crippen molar-refractivity contribution in [3.8, 4) is 0 Å². The van der Waals surface area contributed by atoms with Crippen LogP contribution in [-0.2, 0) is 16.6 Å². The molecule has 0 aliphatic rings. The minimum Gasteiger partial charge on any atom is -0.481 e. The fourth-order valence-corrected chi connectivity index (χ4v) is 1.89. The van der Waals surface area contributed by atoms with Crippen molar-refractivity contribution in [3.05, 3.63) is 36.0 Å². The first-order valence-corrected chi connectivity index (χ1v) is 5.34. The Balaban J connectivity index is 2.45. The van der Waals surface area contributed by atoms with E-state index >= 15 is 0 Å². The Hall–Kier alpha value is -2.43. The number of carboxylic acids is 1. The molecule has 0 fully saturated rings. The van der Waals surface area contributed by atoms with Crippen LogP contribution in [-0.4, -0.2) is 27.2 Å². The maximum Gasteiger partial charge on any atom is 0.311 e. The molecule has 0 amide bonds. The Morgan fingerprint density at radius 3 is 2.56 bits per heavy atom. The molecule has 2 rings (SSSR count). The maximum absolute atomic E-state index is 11.9. The van der Waals surface area contributed by atoms with Gasteiger partial charge in [-0.15, -0.1) is 0 Å². The Labute approximate surface area is 103 Å². The van der Waals surface area contributed by atoms with Crippen LogP contribution in [0.2, 0.25) is 0 Å². The first kappa shape index (κ1) is 12.0. The van der Waals surface area contributed by atoms with Gasteiger partial charge in [0.05, 0.1) is 5.56 Å². The zero-order valence-electron chi connectivity index (χ0n) is 9.71. The van der Waals surface area contributed by atoms with Gasteiger partial charge in [-0.1, -0.05) is 18.2 Å². The minimum absolute atomic E-state index is 0.249. The van der Waals surface area contributed by atoms with Crippen LogP contribution in [0, 0.1) is 0 Å². The summed E-state index contributed by atoms with van der Waals surface area (Å²) in [6.45, 7) is 0. The van der Waals surface area contributed by atoms with E-state index in [1.54, 1.807) is 29.9 Å². The van der Waals surface area contributed by atoms with E-state index in [1.165, 1.54) is 0 Å². The Bertz CT molecular complexity index is 654. The lowest BCUT2D eigenvalue weighted by atomic mass is 10.0. The molecule has 0 radical (unpaired) electrons. The molecule has 0 atom stereocenters. The molecule has 1 N–H and O–H groups in total. The van der Waals surface area contributed by atoms with Crippen molar-refractivity contribution in [2.75, 3.05) is 0 Å². The second-order valence-corrected chi connectivity index (χ2v) is 3.99. The highest BCUT2D eigenvalue weighted by Gasteiger charge is 2.22. The van der Waals surface area contributed by atoms with Crippen molar-refractivity contribution in [3.63, 3.8) is 0 Å². The third-order valence-electron chi connectivity index (χ3n) is 2.71. The van der Waals surface area contributed by atoms with Crippen molar-refractivity contribution in [1.82, 2.24) is 4.57 Å². The Morgan fingerprint density at radius 1 is 1.22 bits per heavy atom. The van der Waals surface area contributed by atoms with E-state index in [4.69, 9.17) is 5.11 Å². The van der Waals surface area contributed by atoms with Gasteiger partial charge in [0.25, 0.3) is 0 Å². The van der Waals surface area contributed by atoms with Crippen LogP contribution in [0.15, 0.2) is 30.5 Å². The van der Waals surface area contributed by atoms with Crippen molar-refractivity contribution in [2.45, 2.75) is 6.42 Å². The predicted octanol–water partition coefficient (Wildman–Crippen LogP) is 1.40. The number of ketones is 2. The van der Waals surface area contributed by atoms with Gasteiger partial charge in [0.1, 0.15) is 6.42 Å². The number of fused-ring (bicyclic) bond motifs is 1. The van der Waals surface area contributed by atoms with Crippen molar-refractivity contribution >= 4 is 28.4 Å². The molecule has 5 nitrogen and oxygen atoms in total. The summed E-state index contributed by atoms with van der Waals surface area (Å²) in [5.41, 5.74) is 1.07. The van der Waals surface area contributed by atoms with Crippen LogP contribution in [0.3, 0.4) is 0 Å². The van der Waals surface area contributed by atoms with Crippen LogP contribution >= 0.6 is 0 Å². The van der Waals surface area contributed by atoms with Crippen molar-refractivity contribution < 1.29 is 19.5 Å². The number of carbonyl (C=O) groups excluding carboxylic acids is 2. The van der Waals surface area contributed by atoms with E-state index in [2.05, 4.69) is 0 Å². The average molecular weight is 245 g/mol. The predicted molar refractivity (Wildman–Crippen MR) is 64.5 cm³/mol. The summed E-state index contributed by atoms with van der Waals surface area (Å²) in [5, 5.41) is 9.18. The lowest BCUT2D eigenvalue weighted by molar-refractivity contribution is -0.139. The van der Waals surface area contributed by atoms with E-state index in [1.807, 2.05) is 12.1 Å². The molecule has 0 spiro atoms. The first-order chi connectivity index (χ1) is 8.50. The van der Waals surface area contributed by atoms with Gasteiger partial charge in [-0.2, -0.15) is 0 Å². The average Bonchev–Trinajstić information content (AvgIpc) is 2.66. The normalized spacial score (nSPS) is 10.5. The summed E-state index contributed by atoms with van der Waals surface area (Å²) in [4.78, 5) is 33.8. The zero-order valence-corrected chi connectivity index (χ0v) is 9.71. The largest absolute Gasteiger partial charge is 0.481 e. The number of carboxylic acid groups (broad SMARTS) is 1. The highest BCUT2D eigenvalue weighted by atomic mass is 16.4. The smallest absolute Gasteiger partial charge is 0.311 e. The van der Waals surface area contributed by atoms with Gasteiger partial charge in [0, 0.05) is 24.1 Å². The number of hydrogen-bond donors (Lipinski definition) is 1. The first-order valence-electron chi connectivity index (χ1n) is 5.34.